The van der Waals surface area contributed by atoms with Gasteiger partial charge in [-0.05, 0) is 18.4 Å². The number of carbonyl (C=O) groups excluding carboxylic acids is 2. The first kappa shape index (κ1) is 22.1. The summed E-state index contributed by atoms with van der Waals surface area (Å²) >= 11 is 2.71. The minimum absolute atomic E-state index is 0.0417. The van der Waals surface area contributed by atoms with Crippen LogP contribution >= 0.6 is 23.5 Å². The molecule has 3 N–H and O–H groups in total. The summed E-state index contributed by atoms with van der Waals surface area (Å²) in [6.07, 6.45) is 8.62. The van der Waals surface area contributed by atoms with Crippen LogP contribution in [0.25, 0.3) is 0 Å². The largest absolute Gasteiger partial charge is 0.477 e. The van der Waals surface area contributed by atoms with E-state index in [1.807, 2.05) is 12.2 Å². The molecule has 13 heteroatoms. The quantitative estimate of drug-likeness (QED) is 0.215. The molecule has 32 heavy (non-hydrogen) atoms. The van der Waals surface area contributed by atoms with E-state index in [-0.39, 0.29) is 11.4 Å². The average molecular weight is 477 g/mol. The van der Waals surface area contributed by atoms with E-state index < -0.39 is 29.2 Å². The molecule has 0 saturated carbocycles. The molecule has 2 aliphatic heterocycles. The van der Waals surface area contributed by atoms with Gasteiger partial charge in [0.1, 0.15) is 30.5 Å². The first-order valence-electron chi connectivity index (χ1n) is 9.68. The van der Waals surface area contributed by atoms with E-state index in [9.17, 15) is 19.5 Å². The Morgan fingerprint density at radius 1 is 1.47 bits per heavy atom. The molecular formula is C19H20N6O5S2. The van der Waals surface area contributed by atoms with Crippen molar-refractivity contribution < 1.29 is 24.3 Å². The number of carboxylic acids is 1. The normalized spacial score (nSPS) is 22.8. The lowest BCUT2D eigenvalue weighted by molar-refractivity contribution is -0.150. The van der Waals surface area contributed by atoms with Crippen LogP contribution in [0.2, 0.25) is 0 Å². The third-order valence-corrected chi connectivity index (χ3v) is 7.28. The Labute approximate surface area is 191 Å². The third-order valence-electron chi connectivity index (χ3n) is 4.98. The average Bonchev–Trinajstić information content (AvgIpc) is 3.33. The van der Waals surface area contributed by atoms with E-state index in [2.05, 4.69) is 25.7 Å². The zero-order valence-corrected chi connectivity index (χ0v) is 18.6. The molecule has 2 atom stereocenters. The molecule has 0 radical (unpaired) electrons. The molecule has 0 aromatic carbocycles. The van der Waals surface area contributed by atoms with Gasteiger partial charge in [-0.3, -0.25) is 19.6 Å². The number of β-lactam (4-membered cyclic amide) rings is 1. The van der Waals surface area contributed by atoms with Gasteiger partial charge in [0, 0.05) is 17.1 Å². The SMILES string of the molecule is CON=C(C(=O)NC1C(=O)N2C(C(=O)O)=C(CSc3ncn[nH]3)CS[C@@H]12)C1=CCCC=C1. The van der Waals surface area contributed by atoms with Gasteiger partial charge in [0.2, 0.25) is 0 Å². The van der Waals surface area contributed by atoms with E-state index in [1.165, 1.54) is 41.9 Å². The molecule has 1 aliphatic carbocycles. The highest BCUT2D eigenvalue weighted by Gasteiger charge is 2.54. The Morgan fingerprint density at radius 3 is 2.97 bits per heavy atom. The molecule has 1 fully saturated rings. The Morgan fingerprint density at radius 2 is 2.31 bits per heavy atom. The first-order chi connectivity index (χ1) is 15.5. The molecule has 0 spiro atoms. The molecule has 2 amide bonds. The van der Waals surface area contributed by atoms with Crippen molar-refractivity contribution in [2.45, 2.75) is 29.4 Å². The van der Waals surface area contributed by atoms with E-state index in [1.54, 1.807) is 6.08 Å². The van der Waals surface area contributed by atoms with Crippen molar-refractivity contribution in [1.29, 1.82) is 0 Å². The maximum absolute atomic E-state index is 12.8. The van der Waals surface area contributed by atoms with Crippen molar-refractivity contribution >= 4 is 47.0 Å². The Hall–Kier alpha value is -3.06. The van der Waals surface area contributed by atoms with Gasteiger partial charge in [-0.2, -0.15) is 5.10 Å². The van der Waals surface area contributed by atoms with Crippen LogP contribution in [0.4, 0.5) is 0 Å². The lowest BCUT2D eigenvalue weighted by atomic mass is 10.00. The van der Waals surface area contributed by atoms with Crippen LogP contribution in [-0.4, -0.2) is 78.7 Å². The zero-order chi connectivity index (χ0) is 22.7. The summed E-state index contributed by atoms with van der Waals surface area (Å²) < 4.78 is 0. The summed E-state index contributed by atoms with van der Waals surface area (Å²) in [4.78, 5) is 47.7. The summed E-state index contributed by atoms with van der Waals surface area (Å²) in [5, 5.41) is 22.8. The fourth-order valence-corrected chi connectivity index (χ4v) is 5.79. The number of oxime groups is 1. The van der Waals surface area contributed by atoms with Crippen LogP contribution in [0.1, 0.15) is 12.8 Å². The minimum atomic E-state index is -1.18. The van der Waals surface area contributed by atoms with Gasteiger partial charge in [0.05, 0.1) is 0 Å². The van der Waals surface area contributed by atoms with Crippen LogP contribution in [-0.2, 0) is 19.2 Å². The van der Waals surface area contributed by atoms with Crippen molar-refractivity contribution in [3.63, 3.8) is 0 Å². The molecule has 11 nitrogen and oxygen atoms in total. The van der Waals surface area contributed by atoms with E-state index in [4.69, 9.17) is 4.84 Å². The molecule has 0 bridgehead atoms. The molecule has 1 saturated heterocycles. The fraction of sp³-hybridized carbons (Fsp3) is 0.368. The second-order valence-electron chi connectivity index (χ2n) is 6.96. The van der Waals surface area contributed by atoms with Gasteiger partial charge in [-0.1, -0.05) is 35.1 Å². The molecule has 4 rings (SSSR count). The molecule has 3 heterocycles. The lowest BCUT2D eigenvalue weighted by Gasteiger charge is -2.49. The summed E-state index contributed by atoms with van der Waals surface area (Å²) in [6, 6.07) is -0.847. The second-order valence-corrected chi connectivity index (χ2v) is 9.03. The number of nitrogens with one attached hydrogen (secondary N) is 2. The number of H-pyrrole nitrogens is 1. The maximum Gasteiger partial charge on any atom is 0.352 e. The van der Waals surface area contributed by atoms with Crippen molar-refractivity contribution in [3.05, 3.63) is 41.4 Å². The molecule has 1 aromatic heterocycles. The number of aromatic nitrogens is 3. The van der Waals surface area contributed by atoms with E-state index in [0.717, 1.165) is 12.8 Å². The third kappa shape index (κ3) is 4.30. The van der Waals surface area contributed by atoms with Crippen molar-refractivity contribution in [2.24, 2.45) is 5.16 Å². The Kier molecular flexibility index (Phi) is 6.65. The number of allylic oxidation sites excluding steroid dienone is 3. The number of amides is 2. The number of carbonyl (C=O) groups is 3. The van der Waals surface area contributed by atoms with Gasteiger partial charge >= 0.3 is 5.97 Å². The number of hydrogen-bond donors (Lipinski definition) is 3. The van der Waals surface area contributed by atoms with Gasteiger partial charge in [0.15, 0.2) is 10.9 Å². The van der Waals surface area contributed by atoms with Crippen LogP contribution in [0.3, 0.4) is 0 Å². The minimum Gasteiger partial charge on any atom is -0.477 e. The maximum atomic E-state index is 12.8. The molecular weight excluding hydrogens is 456 g/mol. The standard InChI is InChI=1S/C19H20N6O5S2/c1-30-24-12(10-5-3-2-4-6-10)15(26)22-13-16(27)25-14(18(28)29)11(7-31-17(13)25)8-32-19-20-9-21-23-19/h3,5-6,9,13,17H,2,4,7-8H2,1H3,(H,22,26)(H,28,29)(H,20,21,23)/t13?,17-/m0/s1. The topological polar surface area (TPSA) is 150 Å². The summed E-state index contributed by atoms with van der Waals surface area (Å²) in [5.41, 5.74) is 1.26. The van der Waals surface area contributed by atoms with Gasteiger partial charge in [0.25, 0.3) is 11.8 Å². The summed E-state index contributed by atoms with van der Waals surface area (Å²) in [7, 11) is 1.34. The zero-order valence-electron chi connectivity index (χ0n) is 17.0. The highest BCUT2D eigenvalue weighted by molar-refractivity contribution is 8.01. The molecule has 1 unspecified atom stereocenters. The van der Waals surface area contributed by atoms with Crippen LogP contribution in [0.5, 0.6) is 0 Å². The monoisotopic (exact) mass is 476 g/mol. The number of fused-ring (bicyclic) bond motifs is 1. The number of carboxylic acid groups (broad SMARTS) is 1. The van der Waals surface area contributed by atoms with Crippen LogP contribution < -0.4 is 5.32 Å². The van der Waals surface area contributed by atoms with Crippen LogP contribution in [0, 0.1) is 0 Å². The first-order valence-corrected chi connectivity index (χ1v) is 11.7. The van der Waals surface area contributed by atoms with E-state index >= 15 is 0 Å². The number of aromatic amines is 1. The van der Waals surface area contributed by atoms with Crippen LogP contribution in [0.15, 0.2) is 51.7 Å². The number of hydrogen-bond acceptors (Lipinski definition) is 9. The van der Waals surface area contributed by atoms with Gasteiger partial charge < -0.3 is 15.3 Å². The van der Waals surface area contributed by atoms with Gasteiger partial charge in [-0.25, -0.2) is 9.78 Å². The van der Waals surface area contributed by atoms with Crippen molar-refractivity contribution in [1.82, 2.24) is 25.4 Å². The predicted molar refractivity (Wildman–Crippen MR) is 118 cm³/mol. The van der Waals surface area contributed by atoms with Crippen molar-refractivity contribution in [3.8, 4) is 0 Å². The molecule has 1 aromatic rings. The summed E-state index contributed by atoms with van der Waals surface area (Å²) in [6.45, 7) is 0. The predicted octanol–water partition coefficient (Wildman–Crippen LogP) is 0.914. The van der Waals surface area contributed by atoms with E-state index in [0.29, 0.717) is 27.8 Å². The second kappa shape index (κ2) is 9.61. The number of rotatable bonds is 8. The Balaban J connectivity index is 1.48. The highest BCUT2D eigenvalue weighted by Crippen LogP contribution is 2.41. The molecule has 168 valence electrons. The van der Waals surface area contributed by atoms with Crippen molar-refractivity contribution in [2.75, 3.05) is 18.6 Å². The Bertz CT molecular complexity index is 1050. The summed E-state index contributed by atoms with van der Waals surface area (Å²) in [5.74, 6) is -1.43. The smallest absolute Gasteiger partial charge is 0.352 e. The fourth-order valence-electron chi connectivity index (χ4n) is 3.53. The number of nitrogens with zero attached hydrogens (tertiary/aromatic N) is 4. The number of thioether (sulfide) groups is 2. The molecule has 3 aliphatic rings. The highest BCUT2D eigenvalue weighted by atomic mass is 32.2. The van der Waals surface area contributed by atoms with Gasteiger partial charge in [-0.15, -0.1) is 11.8 Å². The number of aliphatic carboxylic acids is 1. The lowest BCUT2D eigenvalue weighted by Crippen LogP contribution is -2.71.